The van der Waals surface area contributed by atoms with Crippen LogP contribution >= 0.6 is 0 Å². The van der Waals surface area contributed by atoms with Gasteiger partial charge in [-0.05, 0) is 37.1 Å². The fourth-order valence-electron chi connectivity index (χ4n) is 2.74. The molecule has 3 heteroatoms. The Morgan fingerprint density at radius 3 is 2.25 bits per heavy atom. The molecular formula is C21H37NO2. The molecule has 0 aromatic heterocycles. The summed E-state index contributed by atoms with van der Waals surface area (Å²) in [5.41, 5.74) is 1.25. The number of hydrogen-bond donors (Lipinski definition) is 1. The number of rotatable bonds is 15. The predicted molar refractivity (Wildman–Crippen MR) is 103 cm³/mol. The van der Waals surface area contributed by atoms with Crippen molar-refractivity contribution in [2.75, 3.05) is 20.3 Å². The Hall–Kier alpha value is -1.22. The van der Waals surface area contributed by atoms with Crippen molar-refractivity contribution in [1.82, 2.24) is 5.32 Å². The van der Waals surface area contributed by atoms with Crippen molar-refractivity contribution < 1.29 is 9.47 Å². The number of benzene rings is 1. The van der Waals surface area contributed by atoms with Crippen molar-refractivity contribution in [3.63, 3.8) is 0 Å². The fourth-order valence-corrected chi connectivity index (χ4v) is 2.74. The van der Waals surface area contributed by atoms with Crippen LogP contribution in [0.2, 0.25) is 0 Å². The Labute approximate surface area is 149 Å². The van der Waals surface area contributed by atoms with E-state index in [0.717, 1.165) is 37.6 Å². The topological polar surface area (TPSA) is 30.5 Å². The maximum Gasteiger partial charge on any atom is 0.161 e. The highest BCUT2D eigenvalue weighted by molar-refractivity contribution is 5.42. The summed E-state index contributed by atoms with van der Waals surface area (Å²) in [4.78, 5) is 0. The summed E-state index contributed by atoms with van der Waals surface area (Å²) in [6, 6.07) is 6.26. The lowest BCUT2D eigenvalue weighted by Crippen LogP contribution is -2.14. The molecule has 0 amide bonds. The molecule has 3 nitrogen and oxygen atoms in total. The Bertz CT molecular complexity index is 420. The Balaban J connectivity index is 2.29. The minimum atomic E-state index is 0.770. The first-order valence-electron chi connectivity index (χ1n) is 9.82. The second-order valence-corrected chi connectivity index (χ2v) is 6.49. The maximum atomic E-state index is 5.86. The van der Waals surface area contributed by atoms with Crippen LogP contribution in [0, 0.1) is 0 Å². The smallest absolute Gasteiger partial charge is 0.161 e. The summed E-state index contributed by atoms with van der Waals surface area (Å²) in [6.45, 7) is 7.22. The molecule has 1 aromatic carbocycles. The van der Waals surface area contributed by atoms with Crippen molar-refractivity contribution in [2.24, 2.45) is 0 Å². The number of nitrogens with one attached hydrogen (secondary N) is 1. The Morgan fingerprint density at radius 1 is 0.833 bits per heavy atom. The van der Waals surface area contributed by atoms with E-state index >= 15 is 0 Å². The molecule has 24 heavy (non-hydrogen) atoms. The lowest BCUT2D eigenvalue weighted by Gasteiger charge is -2.12. The normalized spacial score (nSPS) is 10.8. The van der Waals surface area contributed by atoms with Crippen LogP contribution in [0.4, 0.5) is 0 Å². The van der Waals surface area contributed by atoms with Gasteiger partial charge >= 0.3 is 0 Å². The van der Waals surface area contributed by atoms with Gasteiger partial charge in [0.1, 0.15) is 0 Å². The van der Waals surface area contributed by atoms with Crippen molar-refractivity contribution in [3.05, 3.63) is 23.8 Å². The molecule has 1 aromatic rings. The van der Waals surface area contributed by atoms with Gasteiger partial charge in [-0.25, -0.2) is 0 Å². The predicted octanol–water partition coefficient (Wildman–Crippen LogP) is 5.71. The lowest BCUT2D eigenvalue weighted by atomic mass is 10.1. The molecule has 0 radical (unpaired) electrons. The van der Waals surface area contributed by atoms with Crippen molar-refractivity contribution in [3.8, 4) is 11.5 Å². The van der Waals surface area contributed by atoms with Gasteiger partial charge in [-0.3, -0.25) is 0 Å². The van der Waals surface area contributed by atoms with E-state index in [-0.39, 0.29) is 0 Å². The molecule has 0 aliphatic carbocycles. The standard InChI is InChI=1S/C21H37NO2/c1-4-6-8-10-11-15-22-18-19-13-14-20(21(17-19)23-3)24-16-12-9-7-5-2/h13-14,17,22H,4-12,15-16,18H2,1-3H3. The SMILES string of the molecule is CCCCCCCNCc1ccc(OCCCCCC)c(OC)c1. The zero-order valence-corrected chi connectivity index (χ0v) is 16.0. The first kappa shape index (κ1) is 20.8. The molecule has 0 bridgehead atoms. The van der Waals surface area contributed by atoms with Crippen LogP contribution in [-0.2, 0) is 6.54 Å². The minimum Gasteiger partial charge on any atom is -0.493 e. The first-order valence-corrected chi connectivity index (χ1v) is 9.82. The number of methoxy groups -OCH3 is 1. The molecule has 0 saturated heterocycles. The summed E-state index contributed by atoms with van der Waals surface area (Å²) >= 11 is 0. The van der Waals surface area contributed by atoms with Crippen LogP contribution < -0.4 is 14.8 Å². The average molecular weight is 336 g/mol. The maximum absolute atomic E-state index is 5.86. The van der Waals surface area contributed by atoms with E-state index in [1.165, 1.54) is 56.9 Å². The van der Waals surface area contributed by atoms with E-state index in [1.807, 2.05) is 6.07 Å². The lowest BCUT2D eigenvalue weighted by molar-refractivity contribution is 0.285. The van der Waals surface area contributed by atoms with Crippen molar-refractivity contribution in [2.45, 2.75) is 78.2 Å². The molecular weight excluding hydrogens is 298 g/mol. The van der Waals surface area contributed by atoms with E-state index in [2.05, 4.69) is 31.3 Å². The highest BCUT2D eigenvalue weighted by atomic mass is 16.5. The third kappa shape index (κ3) is 9.17. The molecule has 0 saturated carbocycles. The second kappa shape index (κ2) is 14.2. The van der Waals surface area contributed by atoms with Gasteiger partial charge in [0.25, 0.3) is 0 Å². The highest BCUT2D eigenvalue weighted by Gasteiger charge is 2.05. The van der Waals surface area contributed by atoms with Gasteiger partial charge in [-0.15, -0.1) is 0 Å². The van der Waals surface area contributed by atoms with E-state index in [1.54, 1.807) is 7.11 Å². The van der Waals surface area contributed by atoms with Crippen molar-refractivity contribution >= 4 is 0 Å². The molecule has 0 aliphatic rings. The summed E-state index contributed by atoms with van der Waals surface area (Å²) in [5, 5.41) is 3.52. The monoisotopic (exact) mass is 335 g/mol. The number of unbranched alkanes of at least 4 members (excludes halogenated alkanes) is 7. The summed E-state index contributed by atoms with van der Waals surface area (Å²) in [7, 11) is 1.71. The molecule has 0 aliphatic heterocycles. The van der Waals surface area contributed by atoms with Crippen LogP contribution in [0.15, 0.2) is 18.2 Å². The summed E-state index contributed by atoms with van der Waals surface area (Å²) in [5.74, 6) is 1.70. The van der Waals surface area contributed by atoms with Gasteiger partial charge in [0, 0.05) is 6.54 Å². The molecule has 0 fully saturated rings. The quantitative estimate of drug-likeness (QED) is 0.416. The van der Waals surface area contributed by atoms with Gasteiger partial charge in [0.15, 0.2) is 11.5 Å². The second-order valence-electron chi connectivity index (χ2n) is 6.49. The third-order valence-electron chi connectivity index (χ3n) is 4.27. The third-order valence-corrected chi connectivity index (χ3v) is 4.27. The number of hydrogen-bond acceptors (Lipinski definition) is 3. The molecule has 0 heterocycles. The van der Waals surface area contributed by atoms with Gasteiger partial charge in [-0.1, -0.05) is 64.9 Å². The van der Waals surface area contributed by atoms with Crippen molar-refractivity contribution in [1.29, 1.82) is 0 Å². The summed E-state index contributed by atoms with van der Waals surface area (Å²) < 4.78 is 11.3. The average Bonchev–Trinajstić information content (AvgIpc) is 2.61. The van der Waals surface area contributed by atoms with Crippen LogP contribution in [0.3, 0.4) is 0 Å². The molecule has 138 valence electrons. The molecule has 0 unspecified atom stereocenters. The van der Waals surface area contributed by atoms with Gasteiger partial charge in [-0.2, -0.15) is 0 Å². The molecule has 1 rings (SSSR count). The van der Waals surface area contributed by atoms with Crippen LogP contribution in [0.1, 0.15) is 77.2 Å². The Kier molecular flexibility index (Phi) is 12.3. The van der Waals surface area contributed by atoms with Gasteiger partial charge < -0.3 is 14.8 Å². The number of ether oxygens (including phenoxy) is 2. The van der Waals surface area contributed by atoms with Crippen LogP contribution in [-0.4, -0.2) is 20.3 Å². The zero-order chi connectivity index (χ0) is 17.5. The fraction of sp³-hybridized carbons (Fsp3) is 0.714. The van der Waals surface area contributed by atoms with Gasteiger partial charge in [0.2, 0.25) is 0 Å². The summed E-state index contributed by atoms with van der Waals surface area (Å²) in [6.07, 6.45) is 11.5. The van der Waals surface area contributed by atoms with E-state index in [9.17, 15) is 0 Å². The molecule has 0 atom stereocenters. The van der Waals surface area contributed by atoms with E-state index in [0.29, 0.717) is 0 Å². The van der Waals surface area contributed by atoms with Gasteiger partial charge in [0.05, 0.1) is 13.7 Å². The minimum absolute atomic E-state index is 0.770. The largest absolute Gasteiger partial charge is 0.493 e. The molecule has 0 spiro atoms. The first-order chi connectivity index (χ1) is 11.8. The molecule has 1 N–H and O–H groups in total. The van der Waals surface area contributed by atoms with E-state index < -0.39 is 0 Å². The van der Waals surface area contributed by atoms with Crippen LogP contribution in [0.5, 0.6) is 11.5 Å². The van der Waals surface area contributed by atoms with Crippen LogP contribution in [0.25, 0.3) is 0 Å². The zero-order valence-electron chi connectivity index (χ0n) is 16.0. The highest BCUT2D eigenvalue weighted by Crippen LogP contribution is 2.28. The van der Waals surface area contributed by atoms with E-state index in [4.69, 9.17) is 9.47 Å². The Morgan fingerprint density at radius 2 is 1.54 bits per heavy atom.